The van der Waals surface area contributed by atoms with Gasteiger partial charge in [0.25, 0.3) is 0 Å². The minimum atomic E-state index is 0.836. The Hall–Kier alpha value is 0. The lowest BCUT2D eigenvalue weighted by Gasteiger charge is -2.32. The van der Waals surface area contributed by atoms with Gasteiger partial charge in [0.1, 0.15) is 0 Å². The molecule has 1 aliphatic carbocycles. The summed E-state index contributed by atoms with van der Waals surface area (Å²) in [5, 5.41) is 0. The summed E-state index contributed by atoms with van der Waals surface area (Å²) in [5.74, 6) is 4.37. The SMILES string of the molecule is C[C](C)C(C(C)C)C1CCCCCC1. The van der Waals surface area contributed by atoms with Crippen LogP contribution >= 0.6 is 0 Å². The third-order valence-corrected chi connectivity index (χ3v) is 3.79. The third-order valence-electron chi connectivity index (χ3n) is 3.79. The van der Waals surface area contributed by atoms with Crippen molar-refractivity contribution in [2.75, 3.05) is 0 Å². The highest BCUT2D eigenvalue weighted by atomic mass is 14.3. The van der Waals surface area contributed by atoms with E-state index < -0.39 is 0 Å². The quantitative estimate of drug-likeness (QED) is 0.565. The molecule has 1 fully saturated rings. The molecule has 1 unspecified atom stereocenters. The van der Waals surface area contributed by atoms with E-state index in [4.69, 9.17) is 0 Å². The molecular formula is C14H27. The van der Waals surface area contributed by atoms with Crippen molar-refractivity contribution in [3.05, 3.63) is 5.92 Å². The van der Waals surface area contributed by atoms with Gasteiger partial charge in [0.2, 0.25) is 0 Å². The van der Waals surface area contributed by atoms with Crippen molar-refractivity contribution in [1.82, 2.24) is 0 Å². The lowest BCUT2D eigenvalue weighted by molar-refractivity contribution is 0.243. The third kappa shape index (κ3) is 3.29. The molecular weight excluding hydrogens is 168 g/mol. The lowest BCUT2D eigenvalue weighted by Crippen LogP contribution is -2.24. The summed E-state index contributed by atoms with van der Waals surface area (Å²) in [5.41, 5.74) is 0. The van der Waals surface area contributed by atoms with Gasteiger partial charge in [-0.25, -0.2) is 0 Å². The van der Waals surface area contributed by atoms with Crippen molar-refractivity contribution in [3.8, 4) is 0 Å². The topological polar surface area (TPSA) is 0 Å². The second-order valence-corrected chi connectivity index (χ2v) is 5.60. The molecule has 0 amide bonds. The summed E-state index contributed by atoms with van der Waals surface area (Å²) in [6.45, 7) is 9.44. The molecule has 1 radical (unpaired) electrons. The first kappa shape index (κ1) is 12.1. The molecule has 0 N–H and O–H groups in total. The zero-order chi connectivity index (χ0) is 10.6. The van der Waals surface area contributed by atoms with Crippen LogP contribution in [-0.4, -0.2) is 0 Å². The van der Waals surface area contributed by atoms with Crippen molar-refractivity contribution in [2.45, 2.75) is 66.2 Å². The molecule has 14 heavy (non-hydrogen) atoms. The molecule has 0 spiro atoms. The Labute approximate surface area is 90.5 Å². The molecule has 0 heteroatoms. The molecule has 1 saturated carbocycles. The van der Waals surface area contributed by atoms with Gasteiger partial charge in [0.15, 0.2) is 0 Å². The van der Waals surface area contributed by atoms with Crippen LogP contribution in [0.2, 0.25) is 0 Å². The highest BCUT2D eigenvalue weighted by Gasteiger charge is 2.27. The molecule has 1 atom stereocenters. The van der Waals surface area contributed by atoms with Gasteiger partial charge >= 0.3 is 0 Å². The first-order valence-corrected chi connectivity index (χ1v) is 6.43. The molecule has 0 aromatic carbocycles. The summed E-state index contributed by atoms with van der Waals surface area (Å²) < 4.78 is 0. The van der Waals surface area contributed by atoms with E-state index in [0.29, 0.717) is 0 Å². The first-order valence-electron chi connectivity index (χ1n) is 6.43. The second-order valence-electron chi connectivity index (χ2n) is 5.60. The van der Waals surface area contributed by atoms with Crippen molar-refractivity contribution in [2.24, 2.45) is 17.8 Å². The van der Waals surface area contributed by atoms with Crippen molar-refractivity contribution in [3.63, 3.8) is 0 Å². The Morgan fingerprint density at radius 2 is 1.43 bits per heavy atom. The smallest absolute Gasteiger partial charge is 0.0267 e. The van der Waals surface area contributed by atoms with E-state index in [2.05, 4.69) is 27.7 Å². The highest BCUT2D eigenvalue weighted by molar-refractivity contribution is 4.93. The van der Waals surface area contributed by atoms with E-state index in [9.17, 15) is 0 Å². The van der Waals surface area contributed by atoms with E-state index in [1.54, 1.807) is 5.92 Å². The van der Waals surface area contributed by atoms with Gasteiger partial charge in [-0.15, -0.1) is 0 Å². The summed E-state index contributed by atoms with van der Waals surface area (Å²) in [4.78, 5) is 0. The zero-order valence-corrected chi connectivity index (χ0v) is 10.5. The molecule has 83 valence electrons. The molecule has 1 aliphatic rings. The number of hydrogen-bond donors (Lipinski definition) is 0. The van der Waals surface area contributed by atoms with E-state index >= 15 is 0 Å². The average molecular weight is 195 g/mol. The summed E-state index contributed by atoms with van der Waals surface area (Å²) in [6, 6.07) is 0. The van der Waals surface area contributed by atoms with Crippen LogP contribution in [0.4, 0.5) is 0 Å². The van der Waals surface area contributed by atoms with E-state index in [1.807, 2.05) is 0 Å². The Kier molecular flexibility index (Phi) is 4.98. The fraction of sp³-hybridized carbons (Fsp3) is 0.929. The van der Waals surface area contributed by atoms with Gasteiger partial charge in [0.05, 0.1) is 0 Å². The molecule has 1 rings (SSSR count). The van der Waals surface area contributed by atoms with Crippen LogP contribution in [0.15, 0.2) is 0 Å². The van der Waals surface area contributed by atoms with Gasteiger partial charge < -0.3 is 0 Å². The van der Waals surface area contributed by atoms with Crippen molar-refractivity contribution in [1.29, 1.82) is 0 Å². The molecule has 0 aromatic rings. The Balaban J connectivity index is 2.56. The normalized spacial score (nSPS) is 20.8. The predicted octanol–water partition coefficient (Wildman–Crippen LogP) is 4.84. The second kappa shape index (κ2) is 5.78. The number of hydrogen-bond acceptors (Lipinski definition) is 0. The molecule has 0 heterocycles. The van der Waals surface area contributed by atoms with Crippen LogP contribution in [-0.2, 0) is 0 Å². The molecule has 0 aromatic heterocycles. The van der Waals surface area contributed by atoms with Crippen LogP contribution in [0.25, 0.3) is 0 Å². The Morgan fingerprint density at radius 3 is 1.79 bits per heavy atom. The average Bonchev–Trinajstić information content (AvgIpc) is 2.31. The largest absolute Gasteiger partial charge is 0.0625 e. The van der Waals surface area contributed by atoms with Crippen LogP contribution < -0.4 is 0 Å². The number of rotatable bonds is 3. The Bertz CT molecular complexity index is 130. The van der Waals surface area contributed by atoms with Gasteiger partial charge in [-0.3, -0.25) is 0 Å². The van der Waals surface area contributed by atoms with Crippen LogP contribution in [0, 0.1) is 23.7 Å². The van der Waals surface area contributed by atoms with Crippen LogP contribution in [0.3, 0.4) is 0 Å². The van der Waals surface area contributed by atoms with Crippen molar-refractivity contribution < 1.29 is 0 Å². The van der Waals surface area contributed by atoms with E-state index in [1.165, 1.54) is 38.5 Å². The molecule has 0 aliphatic heterocycles. The lowest BCUT2D eigenvalue weighted by atomic mass is 9.73. The standard InChI is InChI=1S/C14H27/c1-11(2)14(12(3)4)13-9-7-5-6-8-10-13/h11,13-14H,5-10H2,1-4H3. The monoisotopic (exact) mass is 195 g/mol. The Morgan fingerprint density at radius 1 is 0.929 bits per heavy atom. The molecule has 0 bridgehead atoms. The van der Waals surface area contributed by atoms with E-state index in [-0.39, 0.29) is 0 Å². The van der Waals surface area contributed by atoms with E-state index in [0.717, 1.165) is 17.8 Å². The van der Waals surface area contributed by atoms with Crippen molar-refractivity contribution >= 4 is 0 Å². The molecule has 0 nitrogen and oxygen atoms in total. The fourth-order valence-corrected chi connectivity index (χ4v) is 3.35. The van der Waals surface area contributed by atoms with Crippen LogP contribution in [0.1, 0.15) is 66.2 Å². The summed E-state index contributed by atoms with van der Waals surface area (Å²) in [7, 11) is 0. The maximum atomic E-state index is 2.39. The minimum Gasteiger partial charge on any atom is -0.0625 e. The highest BCUT2D eigenvalue weighted by Crippen LogP contribution is 2.37. The van der Waals surface area contributed by atoms with Gasteiger partial charge in [-0.1, -0.05) is 66.2 Å². The minimum absolute atomic E-state index is 0.836. The van der Waals surface area contributed by atoms with Gasteiger partial charge in [0, 0.05) is 0 Å². The summed E-state index contributed by atoms with van der Waals surface area (Å²) in [6.07, 6.45) is 8.86. The summed E-state index contributed by atoms with van der Waals surface area (Å²) >= 11 is 0. The van der Waals surface area contributed by atoms with Gasteiger partial charge in [-0.2, -0.15) is 0 Å². The maximum absolute atomic E-state index is 2.39. The van der Waals surface area contributed by atoms with Gasteiger partial charge in [-0.05, 0) is 23.7 Å². The van der Waals surface area contributed by atoms with Crippen LogP contribution in [0.5, 0.6) is 0 Å². The predicted molar refractivity (Wildman–Crippen MR) is 64.1 cm³/mol. The maximum Gasteiger partial charge on any atom is -0.0267 e. The molecule has 0 saturated heterocycles. The zero-order valence-electron chi connectivity index (χ0n) is 10.5. The first-order chi connectivity index (χ1) is 6.63. The fourth-order valence-electron chi connectivity index (χ4n) is 3.35.